The monoisotopic (exact) mass is 480 g/mol. The Hall–Kier alpha value is -3.31. The summed E-state index contributed by atoms with van der Waals surface area (Å²) in [6.07, 6.45) is 0. The summed E-state index contributed by atoms with van der Waals surface area (Å²) in [5.74, 6) is -2.97. The molecule has 0 spiro atoms. The first-order chi connectivity index (χ1) is 15.5. The number of benzene rings is 2. The number of anilines is 1. The lowest BCUT2D eigenvalue weighted by Crippen LogP contribution is -2.40. The summed E-state index contributed by atoms with van der Waals surface area (Å²) < 4.78 is 49.0. The standard InChI is InChI=1S/C22H25FN2O7S/c1-4-31-22(28)14-25(18-9-7-17(23)8-10-18)20(26)15-32-21(27)13-24(3)33(29,30)19-11-5-16(2)6-12-19/h5-12H,4,13-15H2,1-3H3. The molecule has 0 radical (unpaired) electrons. The molecule has 0 heterocycles. The molecule has 11 heteroatoms. The van der Waals surface area contributed by atoms with E-state index in [4.69, 9.17) is 9.47 Å². The molecule has 0 aliphatic rings. The minimum atomic E-state index is -3.93. The minimum Gasteiger partial charge on any atom is -0.465 e. The maximum absolute atomic E-state index is 13.2. The smallest absolute Gasteiger partial charge is 0.326 e. The molecule has 1 amide bonds. The van der Waals surface area contributed by atoms with E-state index in [1.165, 1.54) is 31.3 Å². The van der Waals surface area contributed by atoms with Crippen LogP contribution in [0.1, 0.15) is 12.5 Å². The summed E-state index contributed by atoms with van der Waals surface area (Å²) in [6.45, 7) is 1.65. The number of rotatable bonds is 10. The fourth-order valence-corrected chi connectivity index (χ4v) is 3.82. The second-order valence-electron chi connectivity index (χ2n) is 7.00. The largest absolute Gasteiger partial charge is 0.465 e. The molecule has 0 atom stereocenters. The maximum Gasteiger partial charge on any atom is 0.326 e. The van der Waals surface area contributed by atoms with Gasteiger partial charge in [-0.3, -0.25) is 19.3 Å². The summed E-state index contributed by atoms with van der Waals surface area (Å²) >= 11 is 0. The van der Waals surface area contributed by atoms with E-state index in [1.807, 2.05) is 6.92 Å². The summed E-state index contributed by atoms with van der Waals surface area (Å²) in [5, 5.41) is 0. The van der Waals surface area contributed by atoms with E-state index in [-0.39, 0.29) is 17.2 Å². The first-order valence-corrected chi connectivity index (χ1v) is 11.4. The van der Waals surface area contributed by atoms with Crippen molar-refractivity contribution in [3.63, 3.8) is 0 Å². The number of aryl methyl sites for hydroxylation is 1. The highest BCUT2D eigenvalue weighted by Gasteiger charge is 2.25. The Kier molecular flexibility index (Phi) is 9.06. The molecule has 178 valence electrons. The highest BCUT2D eigenvalue weighted by molar-refractivity contribution is 7.89. The van der Waals surface area contributed by atoms with E-state index in [2.05, 4.69) is 0 Å². The molecule has 0 bridgehead atoms. The van der Waals surface area contributed by atoms with E-state index in [9.17, 15) is 27.2 Å². The summed E-state index contributed by atoms with van der Waals surface area (Å²) in [4.78, 5) is 37.7. The van der Waals surface area contributed by atoms with Crippen LogP contribution in [0.5, 0.6) is 0 Å². The number of hydrogen-bond donors (Lipinski definition) is 0. The zero-order chi connectivity index (χ0) is 24.6. The van der Waals surface area contributed by atoms with Gasteiger partial charge in [-0.25, -0.2) is 12.8 Å². The molecular weight excluding hydrogens is 455 g/mol. The normalized spacial score (nSPS) is 11.2. The Balaban J connectivity index is 2.03. The van der Waals surface area contributed by atoms with Crippen LogP contribution in [0.3, 0.4) is 0 Å². The van der Waals surface area contributed by atoms with Crippen molar-refractivity contribution in [2.24, 2.45) is 0 Å². The van der Waals surface area contributed by atoms with Crippen molar-refractivity contribution >= 4 is 33.6 Å². The average molecular weight is 481 g/mol. The topological polar surface area (TPSA) is 110 Å². The number of nitrogens with zero attached hydrogens (tertiary/aromatic N) is 2. The van der Waals surface area contributed by atoms with Crippen molar-refractivity contribution in [2.75, 3.05) is 38.3 Å². The number of likely N-dealkylation sites (N-methyl/N-ethyl adjacent to an activating group) is 1. The Morgan fingerprint density at radius 1 is 0.909 bits per heavy atom. The van der Waals surface area contributed by atoms with Crippen LogP contribution in [0.25, 0.3) is 0 Å². The van der Waals surface area contributed by atoms with Gasteiger partial charge in [0.1, 0.15) is 18.9 Å². The van der Waals surface area contributed by atoms with Crippen molar-refractivity contribution < 1.29 is 36.7 Å². The van der Waals surface area contributed by atoms with Gasteiger partial charge in [-0.15, -0.1) is 0 Å². The van der Waals surface area contributed by atoms with Gasteiger partial charge in [0.15, 0.2) is 6.61 Å². The van der Waals surface area contributed by atoms with Crippen molar-refractivity contribution in [3.8, 4) is 0 Å². The molecule has 2 rings (SSSR count). The van der Waals surface area contributed by atoms with E-state index in [0.717, 1.165) is 26.9 Å². The lowest BCUT2D eigenvalue weighted by Gasteiger charge is -2.22. The van der Waals surface area contributed by atoms with Crippen LogP contribution < -0.4 is 4.90 Å². The predicted molar refractivity (Wildman–Crippen MR) is 117 cm³/mol. The van der Waals surface area contributed by atoms with Crippen molar-refractivity contribution in [2.45, 2.75) is 18.7 Å². The quantitative estimate of drug-likeness (QED) is 0.478. The number of carbonyl (C=O) groups is 3. The van der Waals surface area contributed by atoms with Crippen LogP contribution >= 0.6 is 0 Å². The molecule has 0 unspecified atom stereocenters. The summed E-state index contributed by atoms with van der Waals surface area (Å²) in [6, 6.07) is 10.9. The number of halogens is 1. The van der Waals surface area contributed by atoms with Gasteiger partial charge in [0.25, 0.3) is 5.91 Å². The molecule has 0 aromatic heterocycles. The van der Waals surface area contributed by atoms with Crippen molar-refractivity contribution in [1.29, 1.82) is 0 Å². The SMILES string of the molecule is CCOC(=O)CN(C(=O)COC(=O)CN(C)S(=O)(=O)c1ccc(C)cc1)c1ccc(F)cc1. The number of sulfonamides is 1. The van der Waals surface area contributed by atoms with Crippen LogP contribution in [0.4, 0.5) is 10.1 Å². The van der Waals surface area contributed by atoms with Crippen LogP contribution in [0.2, 0.25) is 0 Å². The zero-order valence-corrected chi connectivity index (χ0v) is 19.3. The van der Waals surface area contributed by atoms with Gasteiger partial charge in [0.2, 0.25) is 10.0 Å². The lowest BCUT2D eigenvalue weighted by atomic mass is 10.2. The second kappa shape index (κ2) is 11.5. The van der Waals surface area contributed by atoms with E-state index in [1.54, 1.807) is 19.1 Å². The molecule has 0 saturated carbocycles. The summed E-state index contributed by atoms with van der Waals surface area (Å²) in [7, 11) is -2.72. The third-order valence-corrected chi connectivity index (χ3v) is 6.29. The number of ether oxygens (including phenoxy) is 2. The van der Waals surface area contributed by atoms with E-state index < -0.39 is 53.4 Å². The molecule has 9 nitrogen and oxygen atoms in total. The summed E-state index contributed by atoms with van der Waals surface area (Å²) in [5.41, 5.74) is 1.08. The van der Waals surface area contributed by atoms with Crippen LogP contribution in [0.15, 0.2) is 53.4 Å². The highest BCUT2D eigenvalue weighted by atomic mass is 32.2. The van der Waals surface area contributed by atoms with Gasteiger partial charge < -0.3 is 9.47 Å². The minimum absolute atomic E-state index is 0.0106. The lowest BCUT2D eigenvalue weighted by molar-refractivity contribution is -0.148. The number of esters is 2. The molecule has 0 N–H and O–H groups in total. The Labute approximate surface area is 191 Å². The Bertz CT molecular complexity index is 1090. The Morgan fingerprint density at radius 3 is 2.06 bits per heavy atom. The predicted octanol–water partition coefficient (Wildman–Crippen LogP) is 1.89. The maximum atomic E-state index is 13.2. The second-order valence-corrected chi connectivity index (χ2v) is 9.04. The third-order valence-electron chi connectivity index (χ3n) is 4.47. The molecule has 0 fully saturated rings. The van der Waals surface area contributed by atoms with E-state index in [0.29, 0.717) is 0 Å². The van der Waals surface area contributed by atoms with Crippen molar-refractivity contribution in [3.05, 3.63) is 59.9 Å². The molecule has 2 aromatic rings. The van der Waals surface area contributed by atoms with Gasteiger partial charge in [-0.1, -0.05) is 17.7 Å². The van der Waals surface area contributed by atoms with Gasteiger partial charge in [-0.05, 0) is 50.2 Å². The van der Waals surface area contributed by atoms with Gasteiger partial charge >= 0.3 is 11.9 Å². The van der Waals surface area contributed by atoms with Gasteiger partial charge in [-0.2, -0.15) is 4.31 Å². The average Bonchev–Trinajstić information content (AvgIpc) is 2.77. The van der Waals surface area contributed by atoms with Crippen LogP contribution in [0, 0.1) is 12.7 Å². The molecule has 0 aliphatic carbocycles. The molecule has 0 saturated heterocycles. The Morgan fingerprint density at radius 2 is 1.48 bits per heavy atom. The fraction of sp³-hybridized carbons (Fsp3) is 0.318. The number of carbonyl (C=O) groups excluding carboxylic acids is 3. The zero-order valence-electron chi connectivity index (χ0n) is 18.5. The fourth-order valence-electron chi connectivity index (χ4n) is 2.70. The first kappa shape index (κ1) is 25.9. The van der Waals surface area contributed by atoms with E-state index >= 15 is 0 Å². The molecule has 2 aromatic carbocycles. The van der Waals surface area contributed by atoms with Gasteiger partial charge in [0, 0.05) is 12.7 Å². The third kappa shape index (κ3) is 7.36. The molecule has 0 aliphatic heterocycles. The first-order valence-electron chi connectivity index (χ1n) is 9.94. The van der Waals surface area contributed by atoms with Crippen LogP contribution in [-0.2, 0) is 33.9 Å². The number of hydrogen-bond acceptors (Lipinski definition) is 7. The molecular formula is C22H25FN2O7S. The van der Waals surface area contributed by atoms with Gasteiger partial charge in [0.05, 0.1) is 11.5 Å². The van der Waals surface area contributed by atoms with Crippen molar-refractivity contribution in [1.82, 2.24) is 4.31 Å². The molecule has 33 heavy (non-hydrogen) atoms. The van der Waals surface area contributed by atoms with Crippen LogP contribution in [-0.4, -0.2) is 63.9 Å². The highest BCUT2D eigenvalue weighted by Crippen LogP contribution is 2.17. The number of amides is 1.